The Morgan fingerprint density at radius 1 is 1.00 bits per heavy atom. The number of imidazole rings is 1. The second kappa shape index (κ2) is 6.29. The van der Waals surface area contributed by atoms with Gasteiger partial charge in [-0.15, -0.1) is 0 Å². The highest BCUT2D eigenvalue weighted by Gasteiger charge is 2.14. The molecule has 2 aromatic heterocycles. The number of piperazine rings is 1. The number of aromatic nitrogens is 2. The molecule has 1 fully saturated rings. The van der Waals surface area contributed by atoms with Crippen LogP contribution in [-0.2, 0) is 0 Å². The summed E-state index contributed by atoms with van der Waals surface area (Å²) in [4.78, 5) is 7.26. The van der Waals surface area contributed by atoms with E-state index in [1.807, 2.05) is 0 Å². The SMILES string of the molecule is CC(C)c1ccc(-c2cn3c(N4CCNCC4)cccc3n2)cc1. The van der Waals surface area contributed by atoms with E-state index in [1.54, 1.807) is 0 Å². The van der Waals surface area contributed by atoms with E-state index in [4.69, 9.17) is 4.98 Å². The molecular formula is C20H24N4. The minimum atomic E-state index is 0.555. The number of hydrogen-bond donors (Lipinski definition) is 1. The molecule has 1 aliphatic heterocycles. The summed E-state index contributed by atoms with van der Waals surface area (Å²) in [5.41, 5.74) is 4.58. The van der Waals surface area contributed by atoms with Gasteiger partial charge in [0.2, 0.25) is 0 Å². The van der Waals surface area contributed by atoms with Crippen LogP contribution in [0.2, 0.25) is 0 Å². The predicted octanol–water partition coefficient (Wildman–Crippen LogP) is 3.53. The average Bonchev–Trinajstić information content (AvgIpc) is 3.06. The van der Waals surface area contributed by atoms with Gasteiger partial charge in [-0.3, -0.25) is 4.40 Å². The van der Waals surface area contributed by atoms with Crippen molar-refractivity contribution in [1.82, 2.24) is 14.7 Å². The molecule has 4 heteroatoms. The van der Waals surface area contributed by atoms with Crippen LogP contribution in [0.3, 0.4) is 0 Å². The Kier molecular flexibility index (Phi) is 3.98. The number of nitrogens with zero attached hydrogens (tertiary/aromatic N) is 3. The predicted molar refractivity (Wildman–Crippen MR) is 99.8 cm³/mol. The van der Waals surface area contributed by atoms with Crippen LogP contribution in [-0.4, -0.2) is 35.6 Å². The summed E-state index contributed by atoms with van der Waals surface area (Å²) < 4.78 is 2.22. The maximum atomic E-state index is 4.83. The molecule has 1 aliphatic rings. The summed E-state index contributed by atoms with van der Waals surface area (Å²) in [7, 11) is 0. The van der Waals surface area contributed by atoms with Crippen molar-refractivity contribution >= 4 is 11.5 Å². The van der Waals surface area contributed by atoms with E-state index in [-0.39, 0.29) is 0 Å². The van der Waals surface area contributed by atoms with E-state index in [0.717, 1.165) is 37.5 Å². The molecule has 1 aromatic carbocycles. The van der Waals surface area contributed by atoms with Gasteiger partial charge in [0.1, 0.15) is 11.5 Å². The van der Waals surface area contributed by atoms with Crippen molar-refractivity contribution in [3.63, 3.8) is 0 Å². The highest BCUT2D eigenvalue weighted by Crippen LogP contribution is 2.25. The van der Waals surface area contributed by atoms with Crippen LogP contribution < -0.4 is 10.2 Å². The summed E-state index contributed by atoms with van der Waals surface area (Å²) in [6.45, 7) is 8.59. The third-order valence-corrected chi connectivity index (χ3v) is 4.78. The zero-order valence-corrected chi connectivity index (χ0v) is 14.4. The number of rotatable bonds is 3. The minimum absolute atomic E-state index is 0.555. The van der Waals surface area contributed by atoms with Crippen LogP contribution in [0.4, 0.5) is 5.82 Å². The molecule has 1 saturated heterocycles. The van der Waals surface area contributed by atoms with E-state index < -0.39 is 0 Å². The summed E-state index contributed by atoms with van der Waals surface area (Å²) >= 11 is 0. The van der Waals surface area contributed by atoms with Crippen LogP contribution in [0.15, 0.2) is 48.7 Å². The molecule has 0 bridgehead atoms. The fraction of sp³-hybridized carbons (Fsp3) is 0.350. The van der Waals surface area contributed by atoms with Gasteiger partial charge in [-0.05, 0) is 23.6 Å². The van der Waals surface area contributed by atoms with Crippen molar-refractivity contribution in [2.45, 2.75) is 19.8 Å². The van der Waals surface area contributed by atoms with Crippen molar-refractivity contribution in [3.8, 4) is 11.3 Å². The third-order valence-electron chi connectivity index (χ3n) is 4.78. The second-order valence-electron chi connectivity index (χ2n) is 6.75. The van der Waals surface area contributed by atoms with Crippen molar-refractivity contribution < 1.29 is 0 Å². The van der Waals surface area contributed by atoms with Gasteiger partial charge in [0.05, 0.1) is 5.69 Å². The largest absolute Gasteiger partial charge is 0.355 e. The molecule has 0 unspecified atom stereocenters. The van der Waals surface area contributed by atoms with Gasteiger partial charge >= 0.3 is 0 Å². The van der Waals surface area contributed by atoms with E-state index in [0.29, 0.717) is 5.92 Å². The first-order valence-electron chi connectivity index (χ1n) is 8.76. The Hall–Kier alpha value is -2.33. The second-order valence-corrected chi connectivity index (χ2v) is 6.75. The Labute approximate surface area is 143 Å². The quantitative estimate of drug-likeness (QED) is 0.801. The maximum Gasteiger partial charge on any atom is 0.139 e. The van der Waals surface area contributed by atoms with Crippen LogP contribution >= 0.6 is 0 Å². The Morgan fingerprint density at radius 3 is 2.46 bits per heavy atom. The fourth-order valence-electron chi connectivity index (χ4n) is 3.33. The smallest absolute Gasteiger partial charge is 0.139 e. The van der Waals surface area contributed by atoms with Gasteiger partial charge in [0.25, 0.3) is 0 Å². The topological polar surface area (TPSA) is 32.6 Å². The van der Waals surface area contributed by atoms with Gasteiger partial charge < -0.3 is 10.2 Å². The van der Waals surface area contributed by atoms with Crippen molar-refractivity contribution in [2.75, 3.05) is 31.1 Å². The summed E-state index contributed by atoms with van der Waals surface area (Å²) in [5, 5.41) is 3.41. The molecule has 1 N–H and O–H groups in total. The Bertz CT molecular complexity index is 826. The summed E-state index contributed by atoms with van der Waals surface area (Å²) in [6, 6.07) is 15.2. The molecule has 0 aliphatic carbocycles. The molecule has 4 rings (SSSR count). The molecule has 24 heavy (non-hydrogen) atoms. The highest BCUT2D eigenvalue weighted by atomic mass is 15.3. The zero-order valence-electron chi connectivity index (χ0n) is 14.4. The van der Waals surface area contributed by atoms with Crippen molar-refractivity contribution in [3.05, 3.63) is 54.2 Å². The standard InChI is InChI=1S/C20H24N4/c1-15(2)16-6-8-17(9-7-16)18-14-24-19(22-18)4-3-5-20(24)23-12-10-21-11-13-23/h3-9,14-15,21H,10-13H2,1-2H3. The van der Waals surface area contributed by atoms with E-state index in [1.165, 1.54) is 16.9 Å². The number of nitrogens with one attached hydrogen (secondary N) is 1. The molecule has 3 aromatic rings. The Balaban J connectivity index is 1.72. The normalized spacial score (nSPS) is 15.4. The van der Waals surface area contributed by atoms with Crippen LogP contribution in [0.5, 0.6) is 0 Å². The van der Waals surface area contributed by atoms with Crippen LogP contribution in [0.25, 0.3) is 16.9 Å². The lowest BCUT2D eigenvalue weighted by atomic mass is 10.0. The summed E-state index contributed by atoms with van der Waals surface area (Å²) in [5.74, 6) is 1.78. The molecule has 124 valence electrons. The lowest BCUT2D eigenvalue weighted by Gasteiger charge is -2.29. The number of pyridine rings is 1. The van der Waals surface area contributed by atoms with Crippen molar-refractivity contribution in [2.24, 2.45) is 0 Å². The molecule has 0 atom stereocenters. The van der Waals surface area contributed by atoms with Crippen LogP contribution in [0.1, 0.15) is 25.3 Å². The first kappa shape index (κ1) is 15.2. The average molecular weight is 320 g/mol. The molecule has 0 spiro atoms. The zero-order chi connectivity index (χ0) is 16.5. The summed E-state index contributed by atoms with van der Waals surface area (Å²) in [6.07, 6.45) is 2.16. The Morgan fingerprint density at radius 2 is 1.75 bits per heavy atom. The highest BCUT2D eigenvalue weighted by molar-refractivity contribution is 5.65. The molecule has 3 heterocycles. The lowest BCUT2D eigenvalue weighted by Crippen LogP contribution is -2.44. The van der Waals surface area contributed by atoms with Crippen LogP contribution in [0, 0.1) is 0 Å². The first-order chi connectivity index (χ1) is 11.7. The number of fused-ring (bicyclic) bond motifs is 1. The number of anilines is 1. The van der Waals surface area contributed by atoms with E-state index in [2.05, 4.69) is 77.1 Å². The molecular weight excluding hydrogens is 296 g/mol. The van der Waals surface area contributed by atoms with Gasteiger partial charge in [0.15, 0.2) is 0 Å². The molecule has 4 nitrogen and oxygen atoms in total. The van der Waals surface area contributed by atoms with Gasteiger partial charge in [-0.1, -0.05) is 44.2 Å². The maximum absolute atomic E-state index is 4.83. The van der Waals surface area contributed by atoms with Gasteiger partial charge in [-0.2, -0.15) is 0 Å². The first-order valence-corrected chi connectivity index (χ1v) is 8.76. The fourth-order valence-corrected chi connectivity index (χ4v) is 3.33. The number of benzene rings is 1. The molecule has 0 radical (unpaired) electrons. The van der Waals surface area contributed by atoms with E-state index >= 15 is 0 Å². The molecule has 0 saturated carbocycles. The number of hydrogen-bond acceptors (Lipinski definition) is 3. The molecule has 0 amide bonds. The van der Waals surface area contributed by atoms with Gasteiger partial charge in [-0.25, -0.2) is 4.98 Å². The lowest BCUT2D eigenvalue weighted by molar-refractivity contribution is 0.583. The van der Waals surface area contributed by atoms with Crippen molar-refractivity contribution in [1.29, 1.82) is 0 Å². The van der Waals surface area contributed by atoms with Gasteiger partial charge in [0, 0.05) is 37.9 Å². The minimum Gasteiger partial charge on any atom is -0.355 e. The van der Waals surface area contributed by atoms with E-state index in [9.17, 15) is 0 Å². The monoisotopic (exact) mass is 320 g/mol. The third kappa shape index (κ3) is 2.78.